The number of nitrogens with zero attached hydrogens (tertiary/aromatic N) is 2. The summed E-state index contributed by atoms with van der Waals surface area (Å²) in [7, 11) is 1.87. The predicted octanol–water partition coefficient (Wildman–Crippen LogP) is 4.48. The molecule has 1 aliphatic heterocycles. The van der Waals surface area contributed by atoms with E-state index in [4.69, 9.17) is 0 Å². The molecule has 1 unspecified atom stereocenters. The molecule has 1 saturated heterocycles. The lowest BCUT2D eigenvalue weighted by Crippen LogP contribution is -2.41. The van der Waals surface area contributed by atoms with Crippen LogP contribution in [0.15, 0.2) is 65.7 Å². The van der Waals surface area contributed by atoms with E-state index in [9.17, 15) is 0 Å². The lowest BCUT2D eigenvalue weighted by atomic mass is 9.88. The monoisotopic (exact) mass is 518 g/mol. The number of nitrogens with one attached hydrogen (secondary N) is 2. The molecular weight excluding hydrogens is 483 g/mol. The summed E-state index contributed by atoms with van der Waals surface area (Å²) in [6, 6.07) is 22.5. The largest absolute Gasteiger partial charge is 0.356 e. The number of guanidine groups is 1. The highest BCUT2D eigenvalue weighted by Gasteiger charge is 2.34. The van der Waals surface area contributed by atoms with Crippen LogP contribution in [0.25, 0.3) is 0 Å². The lowest BCUT2D eigenvalue weighted by molar-refractivity contribution is 0.314. The van der Waals surface area contributed by atoms with E-state index < -0.39 is 0 Å². The topological polar surface area (TPSA) is 39.7 Å². The average Bonchev–Trinajstić information content (AvgIpc) is 3.52. The number of rotatable bonds is 8. The zero-order valence-corrected chi connectivity index (χ0v) is 20.3. The third-order valence-corrected chi connectivity index (χ3v) is 6.29. The number of hydrogen-bond acceptors (Lipinski definition) is 2. The van der Waals surface area contributed by atoms with Crippen LogP contribution in [0.4, 0.5) is 0 Å². The molecule has 2 aromatic carbocycles. The van der Waals surface area contributed by atoms with E-state index in [0.29, 0.717) is 5.92 Å². The highest BCUT2D eigenvalue weighted by molar-refractivity contribution is 14.0. The molecule has 1 aliphatic carbocycles. The van der Waals surface area contributed by atoms with E-state index in [0.717, 1.165) is 37.4 Å². The third kappa shape index (κ3) is 6.45. The van der Waals surface area contributed by atoms with Crippen molar-refractivity contribution >= 4 is 29.9 Å². The first kappa shape index (κ1) is 23.1. The molecule has 4 rings (SSSR count). The van der Waals surface area contributed by atoms with Gasteiger partial charge in [0.15, 0.2) is 5.96 Å². The van der Waals surface area contributed by atoms with Crippen LogP contribution in [0.5, 0.6) is 0 Å². The Morgan fingerprint density at radius 1 is 0.967 bits per heavy atom. The number of aliphatic imine (C=N–C) groups is 1. The second-order valence-electron chi connectivity index (χ2n) is 8.42. The Morgan fingerprint density at radius 2 is 1.60 bits per heavy atom. The van der Waals surface area contributed by atoms with Gasteiger partial charge >= 0.3 is 0 Å². The van der Waals surface area contributed by atoms with Gasteiger partial charge in [-0.25, -0.2) is 0 Å². The number of hydrogen-bond donors (Lipinski definition) is 2. The van der Waals surface area contributed by atoms with Crippen molar-refractivity contribution in [3.05, 3.63) is 71.8 Å². The van der Waals surface area contributed by atoms with Crippen LogP contribution in [0, 0.1) is 5.92 Å². The van der Waals surface area contributed by atoms with Crippen molar-refractivity contribution in [2.24, 2.45) is 10.9 Å². The van der Waals surface area contributed by atoms with Gasteiger partial charge in [-0.2, -0.15) is 0 Å². The minimum atomic E-state index is 0. The minimum Gasteiger partial charge on any atom is -0.356 e. The SMILES string of the molecule is CN=C(NCCC(c1ccccc1)c1ccccc1)NCC1CCN(C2CC2)C1.I. The van der Waals surface area contributed by atoms with E-state index in [1.54, 1.807) is 0 Å². The Hall–Kier alpha value is -1.60. The number of benzene rings is 2. The Labute approximate surface area is 198 Å². The van der Waals surface area contributed by atoms with Gasteiger partial charge in [0.1, 0.15) is 0 Å². The van der Waals surface area contributed by atoms with E-state index >= 15 is 0 Å². The van der Waals surface area contributed by atoms with Gasteiger partial charge in [-0.05, 0) is 49.3 Å². The van der Waals surface area contributed by atoms with Crippen molar-refractivity contribution in [3.8, 4) is 0 Å². The fourth-order valence-corrected chi connectivity index (χ4v) is 4.49. The quantitative estimate of drug-likeness (QED) is 0.308. The predicted molar refractivity (Wildman–Crippen MR) is 137 cm³/mol. The molecule has 0 amide bonds. The van der Waals surface area contributed by atoms with Gasteiger partial charge in [0.2, 0.25) is 0 Å². The van der Waals surface area contributed by atoms with Gasteiger partial charge < -0.3 is 15.5 Å². The van der Waals surface area contributed by atoms with Crippen LogP contribution < -0.4 is 10.6 Å². The van der Waals surface area contributed by atoms with Gasteiger partial charge in [0.25, 0.3) is 0 Å². The molecule has 2 fully saturated rings. The highest BCUT2D eigenvalue weighted by Crippen LogP contribution is 2.31. The molecule has 2 N–H and O–H groups in total. The molecule has 2 aromatic rings. The summed E-state index contributed by atoms with van der Waals surface area (Å²) < 4.78 is 0. The second kappa shape index (κ2) is 11.7. The van der Waals surface area contributed by atoms with Crippen LogP contribution in [0.3, 0.4) is 0 Å². The summed E-state index contributed by atoms with van der Waals surface area (Å²) in [6.45, 7) is 4.44. The summed E-state index contributed by atoms with van der Waals surface area (Å²) in [6.07, 6.45) is 5.17. The Bertz CT molecular complexity index is 737. The Kier molecular flexibility index (Phi) is 9.00. The summed E-state index contributed by atoms with van der Waals surface area (Å²) >= 11 is 0. The zero-order chi connectivity index (χ0) is 19.9. The van der Waals surface area contributed by atoms with Gasteiger partial charge in [0.05, 0.1) is 0 Å². The van der Waals surface area contributed by atoms with Crippen molar-refractivity contribution in [2.45, 2.75) is 37.6 Å². The highest BCUT2D eigenvalue weighted by atomic mass is 127. The smallest absolute Gasteiger partial charge is 0.190 e. The Morgan fingerprint density at radius 3 is 2.17 bits per heavy atom. The molecule has 30 heavy (non-hydrogen) atoms. The van der Waals surface area contributed by atoms with Gasteiger partial charge in [-0.1, -0.05) is 60.7 Å². The van der Waals surface area contributed by atoms with E-state index in [1.807, 2.05) is 7.05 Å². The summed E-state index contributed by atoms with van der Waals surface area (Å²) in [5, 5.41) is 7.09. The molecule has 2 aliphatic rings. The molecule has 1 atom stereocenters. The van der Waals surface area contributed by atoms with Crippen LogP contribution in [0.1, 0.15) is 42.7 Å². The molecule has 1 saturated carbocycles. The van der Waals surface area contributed by atoms with Gasteiger partial charge in [-0.3, -0.25) is 4.99 Å². The van der Waals surface area contributed by atoms with Crippen molar-refractivity contribution in [1.82, 2.24) is 15.5 Å². The van der Waals surface area contributed by atoms with Crippen LogP contribution in [0.2, 0.25) is 0 Å². The summed E-state index contributed by atoms with van der Waals surface area (Å²) in [4.78, 5) is 7.11. The first-order valence-electron chi connectivity index (χ1n) is 11.1. The van der Waals surface area contributed by atoms with Crippen LogP contribution in [-0.2, 0) is 0 Å². The van der Waals surface area contributed by atoms with Crippen molar-refractivity contribution in [3.63, 3.8) is 0 Å². The molecular formula is C25H35IN4. The molecule has 1 heterocycles. The maximum absolute atomic E-state index is 4.44. The fourth-order valence-electron chi connectivity index (χ4n) is 4.49. The first-order valence-corrected chi connectivity index (χ1v) is 11.1. The Balaban J connectivity index is 0.00000256. The van der Waals surface area contributed by atoms with Crippen LogP contribution >= 0.6 is 24.0 Å². The molecule has 162 valence electrons. The first-order chi connectivity index (χ1) is 14.3. The molecule has 0 aromatic heterocycles. The lowest BCUT2D eigenvalue weighted by Gasteiger charge is -2.20. The molecule has 0 bridgehead atoms. The maximum atomic E-state index is 4.44. The number of halogens is 1. The van der Waals surface area contributed by atoms with Crippen LogP contribution in [-0.4, -0.2) is 50.1 Å². The van der Waals surface area contributed by atoms with Gasteiger partial charge in [-0.15, -0.1) is 24.0 Å². The average molecular weight is 518 g/mol. The fraction of sp³-hybridized carbons (Fsp3) is 0.480. The third-order valence-electron chi connectivity index (χ3n) is 6.29. The van der Waals surface area contributed by atoms with Crippen molar-refractivity contribution < 1.29 is 0 Å². The van der Waals surface area contributed by atoms with E-state index in [-0.39, 0.29) is 24.0 Å². The van der Waals surface area contributed by atoms with E-state index in [2.05, 4.69) is 81.2 Å². The zero-order valence-electron chi connectivity index (χ0n) is 18.0. The minimum absolute atomic E-state index is 0. The second-order valence-corrected chi connectivity index (χ2v) is 8.42. The van der Waals surface area contributed by atoms with Gasteiger partial charge in [0, 0.05) is 38.6 Å². The summed E-state index contributed by atoms with van der Waals surface area (Å²) in [5.41, 5.74) is 2.74. The normalized spacial score (nSPS) is 19.5. The maximum Gasteiger partial charge on any atom is 0.190 e. The molecule has 0 radical (unpaired) electrons. The molecule has 5 heteroatoms. The van der Waals surface area contributed by atoms with Crippen molar-refractivity contribution in [1.29, 1.82) is 0 Å². The molecule has 4 nitrogen and oxygen atoms in total. The molecule has 0 spiro atoms. The van der Waals surface area contributed by atoms with Crippen molar-refractivity contribution in [2.75, 3.05) is 33.2 Å². The number of likely N-dealkylation sites (tertiary alicyclic amines) is 1. The summed E-state index contributed by atoms with van der Waals surface area (Å²) in [5.74, 6) is 2.07. The van der Waals surface area contributed by atoms with E-state index in [1.165, 1.54) is 43.5 Å². The standard InChI is InChI=1S/C25H34N4.HI/c1-26-25(28-18-20-15-17-29(19-20)23-12-13-23)27-16-14-24(21-8-4-2-5-9-21)22-10-6-3-7-11-22;/h2-11,20,23-24H,12-19H2,1H3,(H2,26,27,28);1H.